The Morgan fingerprint density at radius 3 is 1.71 bits per heavy atom. The molecule has 0 saturated heterocycles. The van der Waals surface area contributed by atoms with Gasteiger partial charge in [0.05, 0.1) is 10.2 Å². The summed E-state index contributed by atoms with van der Waals surface area (Å²) in [7, 11) is 0. The SMILES string of the molecule is c1ccc(-c2nc(-c3ccc4c(ccc5ccccc54)c3)nc(-c3ccc4ccc5nc(-c6ccccc6)sc5c4c3)n2)cc1. The van der Waals surface area contributed by atoms with Gasteiger partial charge < -0.3 is 0 Å². The maximum absolute atomic E-state index is 5.07. The smallest absolute Gasteiger partial charge is 0.164 e. The van der Waals surface area contributed by atoms with E-state index in [9.17, 15) is 0 Å². The van der Waals surface area contributed by atoms with Gasteiger partial charge in [0.25, 0.3) is 0 Å². The second-order valence-corrected chi connectivity index (χ2v) is 12.1. The molecule has 0 aliphatic carbocycles. The van der Waals surface area contributed by atoms with Crippen LogP contribution in [0.1, 0.15) is 0 Å². The Labute approximate surface area is 263 Å². The van der Waals surface area contributed by atoms with Crippen molar-refractivity contribution in [3.63, 3.8) is 0 Å². The number of hydrogen-bond donors (Lipinski definition) is 0. The monoisotopic (exact) mass is 592 g/mol. The first-order chi connectivity index (χ1) is 22.3. The maximum atomic E-state index is 5.07. The van der Waals surface area contributed by atoms with Gasteiger partial charge in [-0.2, -0.15) is 0 Å². The zero-order valence-corrected chi connectivity index (χ0v) is 24.9. The van der Waals surface area contributed by atoms with Crippen molar-refractivity contribution in [2.75, 3.05) is 0 Å². The fourth-order valence-corrected chi connectivity index (χ4v) is 7.15. The van der Waals surface area contributed by atoms with Crippen LogP contribution in [-0.2, 0) is 0 Å². The lowest BCUT2D eigenvalue weighted by Crippen LogP contribution is -2.00. The highest BCUT2D eigenvalue weighted by atomic mass is 32.1. The molecule has 9 aromatic rings. The van der Waals surface area contributed by atoms with Crippen molar-refractivity contribution in [2.45, 2.75) is 0 Å². The first-order valence-electron chi connectivity index (χ1n) is 14.9. The van der Waals surface area contributed by atoms with Gasteiger partial charge in [0.1, 0.15) is 5.01 Å². The standard InChI is InChI=1S/C40H24N4S/c1-3-10-27(11-4-1)37-42-38(30-19-21-33-29(23-30)17-15-25-9-7-8-14-32(25)33)44-39(43-37)31-18-16-26-20-22-35-36(34(26)24-31)45-40(41-35)28-12-5-2-6-13-28/h1-24H. The Kier molecular flexibility index (Phi) is 5.96. The van der Waals surface area contributed by atoms with Crippen molar-refractivity contribution < 1.29 is 0 Å². The number of rotatable bonds is 4. The normalized spacial score (nSPS) is 11.6. The molecular formula is C40H24N4S. The number of thiazole rings is 1. The minimum absolute atomic E-state index is 0.643. The van der Waals surface area contributed by atoms with Crippen LogP contribution in [-0.4, -0.2) is 19.9 Å². The maximum Gasteiger partial charge on any atom is 0.164 e. The van der Waals surface area contributed by atoms with Crippen molar-refractivity contribution in [1.82, 2.24) is 19.9 Å². The van der Waals surface area contributed by atoms with E-state index in [1.165, 1.54) is 16.2 Å². The van der Waals surface area contributed by atoms with Crippen LogP contribution < -0.4 is 0 Å². The van der Waals surface area contributed by atoms with E-state index < -0.39 is 0 Å². The summed E-state index contributed by atoms with van der Waals surface area (Å²) < 4.78 is 1.16. The average molecular weight is 593 g/mol. The predicted octanol–water partition coefficient (Wildman–Crippen LogP) is 10.6. The number of benzene rings is 7. The molecule has 5 heteroatoms. The lowest BCUT2D eigenvalue weighted by Gasteiger charge is -2.10. The van der Waals surface area contributed by atoms with E-state index in [4.69, 9.17) is 19.9 Å². The van der Waals surface area contributed by atoms with E-state index in [-0.39, 0.29) is 0 Å². The summed E-state index contributed by atoms with van der Waals surface area (Å²) in [5.74, 6) is 1.94. The molecule has 2 aromatic heterocycles. The molecule has 210 valence electrons. The Hall–Kier alpha value is -5.78. The zero-order valence-electron chi connectivity index (χ0n) is 24.1. The van der Waals surface area contributed by atoms with Gasteiger partial charge in [0.15, 0.2) is 17.5 Å². The summed E-state index contributed by atoms with van der Waals surface area (Å²) in [6.07, 6.45) is 0. The van der Waals surface area contributed by atoms with Gasteiger partial charge in [-0.25, -0.2) is 19.9 Å². The highest BCUT2D eigenvalue weighted by molar-refractivity contribution is 7.22. The van der Waals surface area contributed by atoms with Gasteiger partial charge >= 0.3 is 0 Å². The molecule has 0 aliphatic rings. The van der Waals surface area contributed by atoms with Crippen LogP contribution in [0, 0.1) is 0 Å². The minimum Gasteiger partial charge on any atom is -0.236 e. The number of aromatic nitrogens is 4. The molecule has 0 atom stereocenters. The van der Waals surface area contributed by atoms with Gasteiger partial charge in [0.2, 0.25) is 0 Å². The lowest BCUT2D eigenvalue weighted by molar-refractivity contribution is 1.08. The summed E-state index contributed by atoms with van der Waals surface area (Å²) in [6.45, 7) is 0. The Morgan fingerprint density at radius 1 is 0.356 bits per heavy atom. The third-order valence-electron chi connectivity index (χ3n) is 8.32. The minimum atomic E-state index is 0.643. The molecule has 0 unspecified atom stereocenters. The Balaban J connectivity index is 1.22. The zero-order chi connectivity index (χ0) is 29.7. The van der Waals surface area contributed by atoms with E-state index in [2.05, 4.69) is 109 Å². The molecule has 9 rings (SSSR count). The highest BCUT2D eigenvalue weighted by Gasteiger charge is 2.15. The van der Waals surface area contributed by atoms with Crippen LogP contribution in [0.15, 0.2) is 146 Å². The van der Waals surface area contributed by atoms with Crippen LogP contribution in [0.3, 0.4) is 0 Å². The summed E-state index contributed by atoms with van der Waals surface area (Å²) in [5.41, 5.74) is 4.97. The molecule has 0 radical (unpaired) electrons. The van der Waals surface area contributed by atoms with Crippen LogP contribution in [0.25, 0.3) is 87.3 Å². The van der Waals surface area contributed by atoms with E-state index in [1.807, 2.05) is 36.4 Å². The number of hydrogen-bond acceptors (Lipinski definition) is 5. The van der Waals surface area contributed by atoms with Gasteiger partial charge in [-0.3, -0.25) is 0 Å². The van der Waals surface area contributed by atoms with Crippen LogP contribution in [0.4, 0.5) is 0 Å². The van der Waals surface area contributed by atoms with E-state index >= 15 is 0 Å². The predicted molar refractivity (Wildman–Crippen MR) is 187 cm³/mol. The molecule has 7 aromatic carbocycles. The van der Waals surface area contributed by atoms with Gasteiger partial charge in [0, 0.05) is 27.6 Å². The Morgan fingerprint density at radius 2 is 0.911 bits per heavy atom. The lowest BCUT2D eigenvalue weighted by atomic mass is 10.00. The second kappa shape index (κ2) is 10.4. The summed E-state index contributed by atoms with van der Waals surface area (Å²) >= 11 is 1.72. The fourth-order valence-electron chi connectivity index (χ4n) is 6.05. The van der Waals surface area contributed by atoms with Crippen LogP contribution in [0.5, 0.6) is 0 Å². The third-order valence-corrected chi connectivity index (χ3v) is 9.48. The highest BCUT2D eigenvalue weighted by Crippen LogP contribution is 2.37. The average Bonchev–Trinajstić information content (AvgIpc) is 3.57. The molecule has 0 fully saturated rings. The van der Waals surface area contributed by atoms with Crippen LogP contribution >= 0.6 is 11.3 Å². The first kappa shape index (κ1) is 25.7. The summed E-state index contributed by atoms with van der Waals surface area (Å²) in [6, 6.07) is 50.5. The third kappa shape index (κ3) is 4.53. The largest absolute Gasteiger partial charge is 0.236 e. The van der Waals surface area contributed by atoms with Gasteiger partial charge in [-0.15, -0.1) is 11.3 Å². The molecule has 0 bridgehead atoms. The summed E-state index contributed by atoms with van der Waals surface area (Å²) in [5, 5.41) is 8.16. The molecule has 0 spiro atoms. The molecule has 2 heterocycles. The second-order valence-electron chi connectivity index (χ2n) is 11.1. The number of nitrogens with zero attached hydrogens (tertiary/aromatic N) is 4. The van der Waals surface area contributed by atoms with Crippen molar-refractivity contribution in [3.05, 3.63) is 146 Å². The quantitative estimate of drug-likeness (QED) is 0.191. The van der Waals surface area contributed by atoms with Crippen molar-refractivity contribution >= 4 is 53.9 Å². The molecule has 0 saturated carbocycles. The molecule has 4 nitrogen and oxygen atoms in total. The molecule has 0 aliphatic heterocycles. The first-order valence-corrected chi connectivity index (χ1v) is 15.7. The van der Waals surface area contributed by atoms with Crippen molar-refractivity contribution in [3.8, 4) is 44.7 Å². The fraction of sp³-hybridized carbons (Fsp3) is 0. The number of fused-ring (bicyclic) bond motifs is 6. The van der Waals surface area contributed by atoms with E-state index in [0.717, 1.165) is 53.6 Å². The van der Waals surface area contributed by atoms with Gasteiger partial charge in [-0.05, 0) is 45.1 Å². The van der Waals surface area contributed by atoms with E-state index in [1.54, 1.807) is 11.3 Å². The van der Waals surface area contributed by atoms with Crippen molar-refractivity contribution in [1.29, 1.82) is 0 Å². The molecule has 0 N–H and O–H groups in total. The van der Waals surface area contributed by atoms with Crippen LogP contribution in [0.2, 0.25) is 0 Å². The Bertz CT molecular complexity index is 2540. The van der Waals surface area contributed by atoms with Crippen molar-refractivity contribution in [2.24, 2.45) is 0 Å². The molecule has 0 amide bonds. The van der Waals surface area contributed by atoms with Gasteiger partial charge in [-0.1, -0.05) is 127 Å². The summed E-state index contributed by atoms with van der Waals surface area (Å²) in [4.78, 5) is 20.0. The molecular weight excluding hydrogens is 569 g/mol. The van der Waals surface area contributed by atoms with E-state index in [0.29, 0.717) is 17.5 Å². The molecule has 45 heavy (non-hydrogen) atoms. The topological polar surface area (TPSA) is 51.6 Å².